The Hall–Kier alpha value is -1.51. The lowest BCUT2D eigenvalue weighted by atomic mass is 9.99. The summed E-state index contributed by atoms with van der Waals surface area (Å²) in [6.45, 7) is 7.12. The van der Waals surface area contributed by atoms with E-state index in [4.69, 9.17) is 9.47 Å². The van der Waals surface area contributed by atoms with Gasteiger partial charge in [-0.25, -0.2) is 0 Å². The fourth-order valence-corrected chi connectivity index (χ4v) is 2.83. The second-order valence-electron chi connectivity index (χ2n) is 6.06. The number of hydrogen-bond donors (Lipinski definition) is 0. The van der Waals surface area contributed by atoms with E-state index in [9.17, 15) is 4.79 Å². The van der Waals surface area contributed by atoms with Crippen LogP contribution in [0.4, 0.5) is 0 Å². The quantitative estimate of drug-likeness (QED) is 0.716. The van der Waals surface area contributed by atoms with Crippen LogP contribution in [0.25, 0.3) is 0 Å². The zero-order valence-corrected chi connectivity index (χ0v) is 13.6. The van der Waals surface area contributed by atoms with E-state index in [0.29, 0.717) is 5.92 Å². The number of benzene rings is 1. The van der Waals surface area contributed by atoms with E-state index in [1.54, 1.807) is 0 Å². The Bertz CT molecular complexity index is 507. The fourth-order valence-electron chi connectivity index (χ4n) is 2.83. The second kappa shape index (κ2) is 6.97. The molecule has 0 bridgehead atoms. The van der Waals surface area contributed by atoms with Crippen molar-refractivity contribution in [2.75, 3.05) is 13.7 Å². The lowest BCUT2D eigenvalue weighted by molar-refractivity contribution is -0.142. The van der Waals surface area contributed by atoms with Gasteiger partial charge in [0.1, 0.15) is 5.75 Å². The van der Waals surface area contributed by atoms with Crippen LogP contribution in [0.2, 0.25) is 0 Å². The van der Waals surface area contributed by atoms with E-state index in [-0.39, 0.29) is 11.9 Å². The molecule has 3 nitrogen and oxygen atoms in total. The SMILES string of the molecule is CCCOc1cc(C)c(CCC2CC2C(=O)OC)cc1C. The molecule has 116 valence electrons. The van der Waals surface area contributed by atoms with Crippen molar-refractivity contribution < 1.29 is 14.3 Å². The number of esters is 1. The van der Waals surface area contributed by atoms with Gasteiger partial charge >= 0.3 is 5.97 Å². The standard InChI is InChI=1S/C18H26O3/c1-5-8-21-17-10-12(2)14(9-13(17)3)6-7-15-11-16(15)18(19)20-4/h9-10,15-16H,5-8,11H2,1-4H3. The number of rotatable bonds is 7. The first-order valence-corrected chi connectivity index (χ1v) is 7.87. The molecular weight excluding hydrogens is 264 g/mol. The molecule has 1 aromatic rings. The highest BCUT2D eigenvalue weighted by atomic mass is 16.5. The minimum Gasteiger partial charge on any atom is -0.493 e. The van der Waals surface area contributed by atoms with Gasteiger partial charge in [0.25, 0.3) is 0 Å². The minimum absolute atomic E-state index is 0.0452. The van der Waals surface area contributed by atoms with Crippen LogP contribution in [0.5, 0.6) is 5.75 Å². The first-order valence-electron chi connectivity index (χ1n) is 7.87. The average molecular weight is 290 g/mol. The number of hydrogen-bond acceptors (Lipinski definition) is 3. The van der Waals surface area contributed by atoms with Gasteiger partial charge in [-0.05, 0) is 68.2 Å². The highest BCUT2D eigenvalue weighted by Crippen LogP contribution is 2.43. The molecular formula is C18H26O3. The lowest BCUT2D eigenvalue weighted by Gasteiger charge is -2.13. The van der Waals surface area contributed by atoms with Crippen molar-refractivity contribution in [2.24, 2.45) is 11.8 Å². The molecule has 21 heavy (non-hydrogen) atoms. The van der Waals surface area contributed by atoms with E-state index in [1.165, 1.54) is 23.8 Å². The molecule has 0 saturated heterocycles. The minimum atomic E-state index is -0.0452. The molecule has 0 radical (unpaired) electrons. The van der Waals surface area contributed by atoms with Crippen LogP contribution in [-0.2, 0) is 16.0 Å². The average Bonchev–Trinajstić information content (AvgIpc) is 3.25. The number of ether oxygens (including phenoxy) is 2. The van der Waals surface area contributed by atoms with Crippen LogP contribution in [0, 0.1) is 25.7 Å². The van der Waals surface area contributed by atoms with Gasteiger partial charge < -0.3 is 9.47 Å². The van der Waals surface area contributed by atoms with Crippen LogP contribution in [0.1, 0.15) is 42.9 Å². The number of carbonyl (C=O) groups excluding carboxylic acids is 1. The molecule has 0 amide bonds. The molecule has 1 saturated carbocycles. The van der Waals surface area contributed by atoms with Gasteiger partial charge in [-0.3, -0.25) is 4.79 Å². The molecule has 2 unspecified atom stereocenters. The number of methoxy groups -OCH3 is 1. The van der Waals surface area contributed by atoms with Crippen LogP contribution in [0.15, 0.2) is 12.1 Å². The van der Waals surface area contributed by atoms with Crippen molar-refractivity contribution >= 4 is 5.97 Å². The van der Waals surface area contributed by atoms with E-state index < -0.39 is 0 Å². The molecule has 2 atom stereocenters. The van der Waals surface area contributed by atoms with Crippen molar-refractivity contribution in [3.05, 3.63) is 28.8 Å². The summed E-state index contributed by atoms with van der Waals surface area (Å²) in [5.74, 6) is 1.60. The highest BCUT2D eigenvalue weighted by molar-refractivity contribution is 5.75. The fraction of sp³-hybridized carbons (Fsp3) is 0.611. The first kappa shape index (κ1) is 15.9. The van der Waals surface area contributed by atoms with Crippen LogP contribution >= 0.6 is 0 Å². The summed E-state index contributed by atoms with van der Waals surface area (Å²) in [6.07, 6.45) is 4.10. The van der Waals surface area contributed by atoms with Crippen molar-refractivity contribution in [3.8, 4) is 5.75 Å². The molecule has 2 rings (SSSR count). The van der Waals surface area contributed by atoms with Gasteiger partial charge in [-0.2, -0.15) is 0 Å². The maximum Gasteiger partial charge on any atom is 0.308 e. The Morgan fingerprint density at radius 2 is 2.05 bits per heavy atom. The van der Waals surface area contributed by atoms with E-state index in [2.05, 4.69) is 32.9 Å². The molecule has 1 aliphatic carbocycles. The Labute approximate surface area is 127 Å². The summed E-state index contributed by atoms with van der Waals surface area (Å²) in [5.41, 5.74) is 3.85. The molecule has 3 heteroatoms. The summed E-state index contributed by atoms with van der Waals surface area (Å²) in [6, 6.07) is 4.38. The molecule has 1 aromatic carbocycles. The predicted octanol–water partition coefficient (Wildman–Crippen LogP) is 3.83. The molecule has 0 spiro atoms. The summed E-state index contributed by atoms with van der Waals surface area (Å²) >= 11 is 0. The van der Waals surface area contributed by atoms with E-state index in [1.807, 2.05) is 0 Å². The number of aryl methyl sites for hydroxylation is 3. The Kier molecular flexibility index (Phi) is 5.27. The van der Waals surface area contributed by atoms with Gasteiger partial charge in [0.15, 0.2) is 0 Å². The normalized spacial score (nSPS) is 20.2. The molecule has 0 aliphatic heterocycles. The van der Waals surface area contributed by atoms with Crippen LogP contribution in [0.3, 0.4) is 0 Å². The third-order valence-corrected chi connectivity index (χ3v) is 4.31. The lowest BCUT2D eigenvalue weighted by Crippen LogP contribution is -2.05. The van der Waals surface area contributed by atoms with Crippen molar-refractivity contribution in [3.63, 3.8) is 0 Å². The zero-order chi connectivity index (χ0) is 15.4. The van der Waals surface area contributed by atoms with Gasteiger partial charge in [0, 0.05) is 0 Å². The monoisotopic (exact) mass is 290 g/mol. The maximum absolute atomic E-state index is 11.4. The van der Waals surface area contributed by atoms with Gasteiger partial charge in [-0.15, -0.1) is 0 Å². The topological polar surface area (TPSA) is 35.5 Å². The molecule has 0 heterocycles. The van der Waals surface area contributed by atoms with Gasteiger partial charge in [-0.1, -0.05) is 13.0 Å². The van der Waals surface area contributed by atoms with E-state index >= 15 is 0 Å². The third kappa shape index (κ3) is 3.99. The summed E-state index contributed by atoms with van der Waals surface area (Å²) in [4.78, 5) is 11.4. The molecule has 0 N–H and O–H groups in total. The molecule has 1 fully saturated rings. The smallest absolute Gasteiger partial charge is 0.308 e. The third-order valence-electron chi connectivity index (χ3n) is 4.31. The Balaban J connectivity index is 1.92. The molecule has 1 aliphatic rings. The van der Waals surface area contributed by atoms with Crippen LogP contribution < -0.4 is 4.74 Å². The first-order chi connectivity index (χ1) is 10.1. The van der Waals surface area contributed by atoms with Crippen molar-refractivity contribution in [1.82, 2.24) is 0 Å². The summed E-state index contributed by atoms with van der Waals surface area (Å²) < 4.78 is 10.6. The molecule has 0 aromatic heterocycles. The van der Waals surface area contributed by atoms with Gasteiger partial charge in [0.05, 0.1) is 19.6 Å². The van der Waals surface area contributed by atoms with Gasteiger partial charge in [0.2, 0.25) is 0 Å². The van der Waals surface area contributed by atoms with Crippen LogP contribution in [-0.4, -0.2) is 19.7 Å². The highest BCUT2D eigenvalue weighted by Gasteiger charge is 2.43. The summed E-state index contributed by atoms with van der Waals surface area (Å²) in [5, 5.41) is 0. The number of carbonyl (C=O) groups is 1. The predicted molar refractivity (Wildman–Crippen MR) is 83.6 cm³/mol. The maximum atomic E-state index is 11.4. The van der Waals surface area contributed by atoms with Crippen molar-refractivity contribution in [2.45, 2.75) is 46.5 Å². The van der Waals surface area contributed by atoms with E-state index in [0.717, 1.165) is 38.0 Å². The second-order valence-corrected chi connectivity index (χ2v) is 6.06. The Morgan fingerprint density at radius 3 is 2.71 bits per heavy atom. The Morgan fingerprint density at radius 1 is 1.29 bits per heavy atom. The van der Waals surface area contributed by atoms with Crippen molar-refractivity contribution in [1.29, 1.82) is 0 Å². The summed E-state index contributed by atoms with van der Waals surface area (Å²) in [7, 11) is 1.47. The zero-order valence-electron chi connectivity index (χ0n) is 13.6. The largest absolute Gasteiger partial charge is 0.493 e.